The van der Waals surface area contributed by atoms with Gasteiger partial charge in [-0.25, -0.2) is 9.97 Å². The van der Waals surface area contributed by atoms with Gasteiger partial charge in [0.2, 0.25) is 0 Å². The molecular formula is C14H17N3S2. The Kier molecular flexibility index (Phi) is 2.92. The summed E-state index contributed by atoms with van der Waals surface area (Å²) in [7, 11) is 1.98. The topological polar surface area (TPSA) is 37.8 Å². The van der Waals surface area contributed by atoms with Crippen LogP contribution in [-0.2, 0) is 12.8 Å². The summed E-state index contributed by atoms with van der Waals surface area (Å²) < 4.78 is 0. The van der Waals surface area contributed by atoms with Crippen LogP contribution in [-0.4, -0.2) is 22.8 Å². The summed E-state index contributed by atoms with van der Waals surface area (Å²) in [6.07, 6.45) is 6.25. The van der Waals surface area contributed by atoms with Crippen LogP contribution in [0.1, 0.15) is 40.8 Å². The molecule has 2 aromatic heterocycles. The molecule has 0 aromatic carbocycles. The van der Waals surface area contributed by atoms with Gasteiger partial charge in [-0.15, -0.1) is 11.3 Å². The highest BCUT2D eigenvalue weighted by atomic mass is 32.2. The SMILES string of the molecule is CNc1nc(C2CCCS2)nc2sc3c(c12)CCC3. The van der Waals surface area contributed by atoms with Crippen LogP contribution in [0.5, 0.6) is 0 Å². The fraction of sp³-hybridized carbons (Fsp3) is 0.571. The van der Waals surface area contributed by atoms with E-state index in [1.54, 1.807) is 0 Å². The molecule has 1 unspecified atom stereocenters. The maximum absolute atomic E-state index is 4.88. The lowest BCUT2D eigenvalue weighted by Gasteiger charge is -2.10. The quantitative estimate of drug-likeness (QED) is 0.913. The van der Waals surface area contributed by atoms with E-state index >= 15 is 0 Å². The number of nitrogens with zero attached hydrogens (tertiary/aromatic N) is 2. The molecule has 5 heteroatoms. The first-order valence-corrected chi connectivity index (χ1v) is 8.85. The fourth-order valence-electron chi connectivity index (χ4n) is 3.12. The Hall–Kier alpha value is -0.810. The van der Waals surface area contributed by atoms with Gasteiger partial charge in [-0.2, -0.15) is 11.8 Å². The van der Waals surface area contributed by atoms with Crippen LogP contribution in [0.2, 0.25) is 0 Å². The van der Waals surface area contributed by atoms with E-state index < -0.39 is 0 Å². The second kappa shape index (κ2) is 4.63. The summed E-state index contributed by atoms with van der Waals surface area (Å²) in [5.41, 5.74) is 1.51. The zero-order valence-electron chi connectivity index (χ0n) is 11.0. The van der Waals surface area contributed by atoms with Crippen LogP contribution < -0.4 is 5.32 Å². The van der Waals surface area contributed by atoms with E-state index in [0.29, 0.717) is 5.25 Å². The summed E-state index contributed by atoms with van der Waals surface area (Å²) in [4.78, 5) is 12.4. The molecule has 0 spiro atoms. The molecule has 0 saturated carbocycles. The minimum atomic E-state index is 0.508. The molecular weight excluding hydrogens is 274 g/mol. The monoisotopic (exact) mass is 291 g/mol. The van der Waals surface area contributed by atoms with Crippen molar-refractivity contribution in [3.8, 4) is 0 Å². The molecule has 1 N–H and O–H groups in total. The molecule has 19 heavy (non-hydrogen) atoms. The zero-order chi connectivity index (χ0) is 12.8. The van der Waals surface area contributed by atoms with Gasteiger partial charge in [-0.3, -0.25) is 0 Å². The number of hydrogen-bond acceptors (Lipinski definition) is 5. The molecule has 4 rings (SSSR count). The van der Waals surface area contributed by atoms with Crippen molar-refractivity contribution in [2.24, 2.45) is 0 Å². The molecule has 100 valence electrons. The summed E-state index contributed by atoms with van der Waals surface area (Å²) in [5, 5.41) is 5.10. The third-order valence-electron chi connectivity index (χ3n) is 4.04. The van der Waals surface area contributed by atoms with E-state index in [1.165, 1.54) is 58.5 Å². The molecule has 0 bridgehead atoms. The molecule has 2 aromatic rings. The Morgan fingerprint density at radius 1 is 1.21 bits per heavy atom. The first kappa shape index (κ1) is 12.0. The fourth-order valence-corrected chi connectivity index (χ4v) is 5.59. The highest BCUT2D eigenvalue weighted by Gasteiger charge is 2.25. The highest BCUT2D eigenvalue weighted by Crippen LogP contribution is 2.43. The van der Waals surface area contributed by atoms with E-state index in [2.05, 4.69) is 5.32 Å². The van der Waals surface area contributed by atoms with Crippen molar-refractivity contribution in [2.75, 3.05) is 18.1 Å². The normalized spacial score (nSPS) is 22.1. The number of aromatic nitrogens is 2. The predicted molar refractivity (Wildman–Crippen MR) is 83.4 cm³/mol. The molecule has 1 fully saturated rings. The van der Waals surface area contributed by atoms with Crippen LogP contribution >= 0.6 is 23.1 Å². The Morgan fingerprint density at radius 3 is 2.95 bits per heavy atom. The number of aryl methyl sites for hydroxylation is 2. The number of thiophene rings is 1. The molecule has 1 saturated heterocycles. The number of anilines is 1. The lowest BCUT2D eigenvalue weighted by atomic mass is 10.2. The van der Waals surface area contributed by atoms with Crippen LogP contribution in [0.15, 0.2) is 0 Å². The molecule has 1 aliphatic carbocycles. The maximum Gasteiger partial charge on any atom is 0.145 e. The van der Waals surface area contributed by atoms with Gasteiger partial charge in [-0.05, 0) is 43.4 Å². The van der Waals surface area contributed by atoms with Crippen LogP contribution in [0.3, 0.4) is 0 Å². The van der Waals surface area contributed by atoms with E-state index in [4.69, 9.17) is 9.97 Å². The second-order valence-electron chi connectivity index (χ2n) is 5.22. The van der Waals surface area contributed by atoms with Crippen LogP contribution in [0.25, 0.3) is 10.2 Å². The van der Waals surface area contributed by atoms with Gasteiger partial charge in [0.15, 0.2) is 0 Å². The Bertz CT molecular complexity index is 629. The number of rotatable bonds is 2. The first-order valence-electron chi connectivity index (χ1n) is 6.98. The van der Waals surface area contributed by atoms with Crippen molar-refractivity contribution in [1.82, 2.24) is 9.97 Å². The second-order valence-corrected chi connectivity index (χ2v) is 7.61. The van der Waals surface area contributed by atoms with Gasteiger partial charge in [0, 0.05) is 11.9 Å². The zero-order valence-corrected chi connectivity index (χ0v) is 12.7. The number of nitrogens with one attached hydrogen (secondary N) is 1. The minimum Gasteiger partial charge on any atom is -0.372 e. The van der Waals surface area contributed by atoms with E-state index in [-0.39, 0.29) is 0 Å². The van der Waals surface area contributed by atoms with Crippen LogP contribution in [0.4, 0.5) is 5.82 Å². The largest absolute Gasteiger partial charge is 0.372 e. The average Bonchev–Trinajstić information content (AvgIpc) is 3.13. The number of thioether (sulfide) groups is 1. The number of fused-ring (bicyclic) bond motifs is 3. The van der Waals surface area contributed by atoms with Gasteiger partial charge in [0.25, 0.3) is 0 Å². The lowest BCUT2D eigenvalue weighted by molar-refractivity contribution is 0.784. The molecule has 0 amide bonds. The standard InChI is InChI=1S/C14H17N3S2/c1-15-13-11-8-4-2-5-9(8)19-14(11)17-12(16-13)10-6-3-7-18-10/h10H,2-7H2,1H3,(H,15,16,17). The van der Waals surface area contributed by atoms with Crippen molar-refractivity contribution in [3.63, 3.8) is 0 Å². The van der Waals surface area contributed by atoms with Crippen molar-refractivity contribution < 1.29 is 0 Å². The van der Waals surface area contributed by atoms with Gasteiger partial charge in [0.05, 0.1) is 10.6 Å². The summed E-state index contributed by atoms with van der Waals surface area (Å²) in [6, 6.07) is 0. The van der Waals surface area contributed by atoms with Crippen molar-refractivity contribution in [2.45, 2.75) is 37.4 Å². The van der Waals surface area contributed by atoms with E-state index in [1.807, 2.05) is 30.1 Å². The number of hydrogen-bond donors (Lipinski definition) is 1. The Labute approximate surface area is 121 Å². The summed E-state index contributed by atoms with van der Waals surface area (Å²) in [5.74, 6) is 3.34. The van der Waals surface area contributed by atoms with Crippen molar-refractivity contribution in [3.05, 3.63) is 16.3 Å². The molecule has 1 atom stereocenters. The van der Waals surface area contributed by atoms with Crippen molar-refractivity contribution >= 4 is 39.1 Å². The maximum atomic E-state index is 4.88. The third kappa shape index (κ3) is 1.86. The molecule has 0 radical (unpaired) electrons. The Balaban J connectivity index is 1.90. The van der Waals surface area contributed by atoms with Gasteiger partial charge in [0.1, 0.15) is 16.5 Å². The lowest BCUT2D eigenvalue weighted by Crippen LogP contribution is -2.03. The molecule has 2 aliphatic rings. The van der Waals surface area contributed by atoms with E-state index in [0.717, 1.165) is 11.6 Å². The predicted octanol–water partition coefficient (Wildman–Crippen LogP) is 3.79. The molecule has 3 heterocycles. The first-order chi connectivity index (χ1) is 9.36. The third-order valence-corrected chi connectivity index (χ3v) is 6.60. The van der Waals surface area contributed by atoms with Gasteiger partial charge in [-0.1, -0.05) is 0 Å². The molecule has 1 aliphatic heterocycles. The van der Waals surface area contributed by atoms with Crippen molar-refractivity contribution in [1.29, 1.82) is 0 Å². The van der Waals surface area contributed by atoms with E-state index in [9.17, 15) is 0 Å². The minimum absolute atomic E-state index is 0.508. The smallest absolute Gasteiger partial charge is 0.145 e. The average molecular weight is 291 g/mol. The van der Waals surface area contributed by atoms with Gasteiger partial charge < -0.3 is 5.32 Å². The summed E-state index contributed by atoms with van der Waals surface area (Å²) in [6.45, 7) is 0. The molecule has 3 nitrogen and oxygen atoms in total. The van der Waals surface area contributed by atoms with Crippen LogP contribution in [0, 0.1) is 0 Å². The summed E-state index contributed by atoms with van der Waals surface area (Å²) >= 11 is 3.89. The Morgan fingerprint density at radius 2 is 2.16 bits per heavy atom. The highest BCUT2D eigenvalue weighted by molar-refractivity contribution is 7.99. The van der Waals surface area contributed by atoms with Gasteiger partial charge >= 0.3 is 0 Å².